The monoisotopic (exact) mass is 388 g/mol. The molecule has 0 atom stereocenters. The van der Waals surface area contributed by atoms with E-state index in [1.165, 1.54) is 36.4 Å². The van der Waals surface area contributed by atoms with Gasteiger partial charge in [-0.2, -0.15) is 0 Å². The molecule has 0 aliphatic carbocycles. The zero-order valence-corrected chi connectivity index (χ0v) is 15.0. The zero-order valence-electron chi connectivity index (χ0n) is 12.6. The van der Waals surface area contributed by atoms with Crippen molar-refractivity contribution < 1.29 is 16.8 Å². The van der Waals surface area contributed by atoms with Gasteiger partial charge in [-0.25, -0.2) is 26.7 Å². The van der Waals surface area contributed by atoms with Gasteiger partial charge in [0.15, 0.2) is 0 Å². The molecular weight excluding hydrogens is 372 g/mol. The highest BCUT2D eigenvalue weighted by Crippen LogP contribution is 2.14. The first kappa shape index (κ1) is 18.9. The molecule has 9 heteroatoms. The van der Waals surface area contributed by atoms with Gasteiger partial charge >= 0.3 is 0 Å². The predicted molar refractivity (Wildman–Crippen MR) is 92.8 cm³/mol. The predicted octanol–water partition coefficient (Wildman–Crippen LogP) is 1.90. The Labute approximate surface area is 146 Å². The lowest BCUT2D eigenvalue weighted by atomic mass is 10.1. The number of aryl methyl sites for hydroxylation is 1. The summed E-state index contributed by atoms with van der Waals surface area (Å²) in [6.45, 7) is 0.266. The normalized spacial score (nSPS) is 12.2. The third kappa shape index (κ3) is 5.29. The average Bonchev–Trinajstić information content (AvgIpc) is 2.52. The Balaban J connectivity index is 1.87. The lowest BCUT2D eigenvalue weighted by Gasteiger charge is -2.07. The molecule has 2 aromatic carbocycles. The van der Waals surface area contributed by atoms with Gasteiger partial charge in [0.25, 0.3) is 0 Å². The molecule has 0 aromatic heterocycles. The van der Waals surface area contributed by atoms with Crippen molar-refractivity contribution in [2.24, 2.45) is 5.14 Å². The summed E-state index contributed by atoms with van der Waals surface area (Å²) >= 11 is 5.73. The van der Waals surface area contributed by atoms with Crippen LogP contribution in [0, 0.1) is 0 Å². The van der Waals surface area contributed by atoms with Crippen molar-refractivity contribution in [3.8, 4) is 0 Å². The van der Waals surface area contributed by atoms with E-state index in [2.05, 4.69) is 4.72 Å². The minimum atomic E-state index is -3.70. The van der Waals surface area contributed by atoms with Gasteiger partial charge in [0.2, 0.25) is 20.0 Å². The number of benzene rings is 2. The summed E-state index contributed by atoms with van der Waals surface area (Å²) in [4.78, 5) is 0.207. The second-order valence-corrected chi connectivity index (χ2v) is 8.91. The van der Waals surface area contributed by atoms with Gasteiger partial charge < -0.3 is 0 Å². The largest absolute Gasteiger partial charge is 0.240 e. The highest BCUT2D eigenvalue weighted by Gasteiger charge is 2.12. The summed E-state index contributed by atoms with van der Waals surface area (Å²) in [5.41, 5.74) is 0.896. The van der Waals surface area contributed by atoms with Crippen LogP contribution in [0.25, 0.3) is 0 Å². The van der Waals surface area contributed by atoms with E-state index in [1.807, 2.05) is 0 Å². The standard InChI is InChI=1S/C15H17ClN2O4S2/c16-13-5-9-15(10-6-13)24(21,22)18-11-1-2-12-3-7-14(8-4-12)23(17,19)20/h3-10,18H,1-2,11H2,(H2,17,19,20). The molecule has 2 rings (SSSR count). The lowest BCUT2D eigenvalue weighted by molar-refractivity contribution is 0.578. The second-order valence-electron chi connectivity index (χ2n) is 5.14. The molecule has 0 heterocycles. The maximum Gasteiger partial charge on any atom is 0.240 e. The Kier molecular flexibility index (Phi) is 6.00. The molecular formula is C15H17ClN2O4S2. The molecule has 3 N–H and O–H groups in total. The molecule has 0 unspecified atom stereocenters. The third-order valence-electron chi connectivity index (χ3n) is 3.31. The molecule has 0 saturated heterocycles. The van der Waals surface area contributed by atoms with Crippen molar-refractivity contribution in [3.05, 3.63) is 59.1 Å². The summed E-state index contributed by atoms with van der Waals surface area (Å²) in [7, 11) is -7.26. The summed E-state index contributed by atoms with van der Waals surface area (Å²) in [6.07, 6.45) is 1.18. The van der Waals surface area contributed by atoms with Crippen molar-refractivity contribution in [3.63, 3.8) is 0 Å². The molecule has 0 amide bonds. The van der Waals surface area contributed by atoms with E-state index < -0.39 is 20.0 Å². The van der Waals surface area contributed by atoms with E-state index in [0.29, 0.717) is 17.9 Å². The Morgan fingerprint density at radius 3 is 1.96 bits per heavy atom. The Bertz CT molecular complexity index is 893. The minimum absolute atomic E-state index is 0.0506. The Morgan fingerprint density at radius 2 is 1.42 bits per heavy atom. The van der Waals surface area contributed by atoms with E-state index in [-0.39, 0.29) is 16.3 Å². The molecule has 130 valence electrons. The molecule has 0 radical (unpaired) electrons. The molecule has 0 bridgehead atoms. The Hall–Kier alpha value is -1.45. The van der Waals surface area contributed by atoms with Gasteiger partial charge in [0.1, 0.15) is 0 Å². The fourth-order valence-corrected chi connectivity index (χ4v) is 3.76. The molecule has 0 fully saturated rings. The van der Waals surface area contributed by atoms with Gasteiger partial charge in [0.05, 0.1) is 9.79 Å². The van der Waals surface area contributed by atoms with Crippen LogP contribution in [0.5, 0.6) is 0 Å². The van der Waals surface area contributed by atoms with E-state index >= 15 is 0 Å². The van der Waals surface area contributed by atoms with E-state index in [9.17, 15) is 16.8 Å². The fraction of sp³-hybridized carbons (Fsp3) is 0.200. The van der Waals surface area contributed by atoms with Gasteiger partial charge in [0, 0.05) is 11.6 Å². The highest BCUT2D eigenvalue weighted by atomic mass is 35.5. The van der Waals surface area contributed by atoms with Crippen LogP contribution in [0.4, 0.5) is 0 Å². The summed E-state index contributed by atoms with van der Waals surface area (Å²) in [6, 6.07) is 12.1. The molecule has 2 aromatic rings. The van der Waals surface area contributed by atoms with Gasteiger partial charge in [-0.15, -0.1) is 0 Å². The van der Waals surface area contributed by atoms with Crippen LogP contribution < -0.4 is 9.86 Å². The van der Waals surface area contributed by atoms with Crippen molar-refractivity contribution in [1.29, 1.82) is 0 Å². The van der Waals surface area contributed by atoms with Crippen molar-refractivity contribution in [2.45, 2.75) is 22.6 Å². The van der Waals surface area contributed by atoms with E-state index in [0.717, 1.165) is 5.56 Å². The van der Waals surface area contributed by atoms with Crippen LogP contribution in [-0.2, 0) is 26.5 Å². The van der Waals surface area contributed by atoms with Gasteiger partial charge in [-0.05, 0) is 54.8 Å². The maximum atomic E-state index is 12.1. The third-order valence-corrected chi connectivity index (χ3v) is 5.97. The van der Waals surface area contributed by atoms with Crippen LogP contribution in [-0.4, -0.2) is 23.4 Å². The smallest absolute Gasteiger partial charge is 0.225 e. The number of hydrogen-bond donors (Lipinski definition) is 2. The van der Waals surface area contributed by atoms with Crippen LogP contribution >= 0.6 is 11.6 Å². The topological polar surface area (TPSA) is 106 Å². The van der Waals surface area contributed by atoms with Crippen LogP contribution in [0.15, 0.2) is 58.3 Å². The van der Waals surface area contributed by atoms with Crippen molar-refractivity contribution in [2.75, 3.05) is 6.54 Å². The first-order valence-electron chi connectivity index (χ1n) is 7.05. The molecule has 0 spiro atoms. The number of nitrogens with two attached hydrogens (primary N) is 1. The van der Waals surface area contributed by atoms with Crippen LogP contribution in [0.3, 0.4) is 0 Å². The fourth-order valence-electron chi connectivity index (χ4n) is 2.04. The average molecular weight is 389 g/mol. The van der Waals surface area contributed by atoms with Gasteiger partial charge in [-0.1, -0.05) is 23.7 Å². The number of rotatable bonds is 7. The minimum Gasteiger partial charge on any atom is -0.225 e. The van der Waals surface area contributed by atoms with Gasteiger partial charge in [-0.3, -0.25) is 0 Å². The van der Waals surface area contributed by atoms with E-state index in [4.69, 9.17) is 16.7 Å². The second kappa shape index (κ2) is 7.62. The lowest BCUT2D eigenvalue weighted by Crippen LogP contribution is -2.25. The number of halogens is 1. The number of hydrogen-bond acceptors (Lipinski definition) is 4. The van der Waals surface area contributed by atoms with Crippen LogP contribution in [0.2, 0.25) is 5.02 Å². The van der Waals surface area contributed by atoms with Crippen molar-refractivity contribution in [1.82, 2.24) is 4.72 Å². The number of nitrogens with one attached hydrogen (secondary N) is 1. The zero-order chi connectivity index (χ0) is 17.8. The number of sulfonamides is 2. The molecule has 0 aliphatic heterocycles. The molecule has 24 heavy (non-hydrogen) atoms. The molecule has 0 aliphatic rings. The first-order chi connectivity index (χ1) is 11.2. The molecule has 6 nitrogen and oxygen atoms in total. The van der Waals surface area contributed by atoms with E-state index in [1.54, 1.807) is 12.1 Å². The first-order valence-corrected chi connectivity index (χ1v) is 10.5. The SMILES string of the molecule is NS(=O)(=O)c1ccc(CCCNS(=O)(=O)c2ccc(Cl)cc2)cc1. The maximum absolute atomic E-state index is 12.1. The Morgan fingerprint density at radius 1 is 0.875 bits per heavy atom. The quantitative estimate of drug-likeness (QED) is 0.706. The summed E-state index contributed by atoms with van der Waals surface area (Å²) < 4.78 is 49.0. The highest BCUT2D eigenvalue weighted by molar-refractivity contribution is 7.89. The van der Waals surface area contributed by atoms with Crippen molar-refractivity contribution >= 4 is 31.6 Å². The van der Waals surface area contributed by atoms with Crippen LogP contribution in [0.1, 0.15) is 12.0 Å². The molecule has 0 saturated carbocycles. The number of primary sulfonamides is 1. The summed E-state index contributed by atoms with van der Waals surface area (Å²) in [5, 5.41) is 5.50. The summed E-state index contributed by atoms with van der Waals surface area (Å²) in [5.74, 6) is 0.